The van der Waals surface area contributed by atoms with Crippen molar-refractivity contribution in [3.05, 3.63) is 23.0 Å². The zero-order chi connectivity index (χ0) is 30.8. The number of esters is 1. The molecular formula is C29H37NO13. The average Bonchev–Trinajstić information content (AvgIpc) is 3.52. The van der Waals surface area contributed by atoms with Gasteiger partial charge in [-0.15, -0.1) is 0 Å². The highest BCUT2D eigenvalue weighted by Crippen LogP contribution is 2.57. The number of carbonyl (C=O) groups excluding carboxylic acids is 2. The zero-order valence-electron chi connectivity index (χ0n) is 23.8. The van der Waals surface area contributed by atoms with E-state index in [9.17, 15) is 40.2 Å². The van der Waals surface area contributed by atoms with Crippen molar-refractivity contribution in [2.24, 2.45) is 11.8 Å². The number of methoxy groups -OCH3 is 1. The highest BCUT2D eigenvalue weighted by atomic mass is 16.7. The number of ether oxygens (including phenoxy) is 4. The highest BCUT2D eigenvalue weighted by Gasteiger charge is 2.58. The van der Waals surface area contributed by atoms with Crippen LogP contribution in [0, 0.1) is 11.8 Å². The maximum Gasteiger partial charge on any atom is 0.309 e. The van der Waals surface area contributed by atoms with Gasteiger partial charge in [0.25, 0.3) is 0 Å². The van der Waals surface area contributed by atoms with E-state index >= 15 is 0 Å². The molecule has 2 fully saturated rings. The van der Waals surface area contributed by atoms with E-state index in [0.29, 0.717) is 30.5 Å². The van der Waals surface area contributed by atoms with E-state index in [-0.39, 0.29) is 48.2 Å². The molecule has 9 atom stereocenters. The molecule has 1 amide bonds. The maximum atomic E-state index is 13.1. The Hall–Kier alpha value is -2.98. The molecule has 3 heterocycles. The fourth-order valence-electron chi connectivity index (χ4n) is 7.47. The number of fused-ring (bicyclic) bond motifs is 2. The largest absolute Gasteiger partial charge is 0.490 e. The van der Waals surface area contributed by atoms with Crippen LogP contribution in [0.4, 0.5) is 0 Å². The van der Waals surface area contributed by atoms with E-state index in [2.05, 4.69) is 5.32 Å². The lowest BCUT2D eigenvalue weighted by Gasteiger charge is -2.48. The van der Waals surface area contributed by atoms with Crippen LogP contribution in [0.15, 0.2) is 10.7 Å². The second kappa shape index (κ2) is 11.2. The Morgan fingerprint density at radius 3 is 2.65 bits per heavy atom. The summed E-state index contributed by atoms with van der Waals surface area (Å²) in [5, 5.41) is 66.0. The van der Waals surface area contributed by atoms with Gasteiger partial charge in [0.1, 0.15) is 18.3 Å². The van der Waals surface area contributed by atoms with E-state index in [0.717, 1.165) is 16.5 Å². The van der Waals surface area contributed by atoms with Crippen LogP contribution in [0.2, 0.25) is 0 Å². The molecule has 0 unspecified atom stereocenters. The second-order valence-electron chi connectivity index (χ2n) is 11.8. The number of hydrogen-bond donors (Lipinski definition) is 7. The van der Waals surface area contributed by atoms with Crippen molar-refractivity contribution in [2.75, 3.05) is 26.9 Å². The number of furan rings is 1. The second-order valence-corrected chi connectivity index (χ2v) is 11.8. The van der Waals surface area contributed by atoms with Gasteiger partial charge >= 0.3 is 5.97 Å². The Labute approximate surface area is 246 Å². The standard InChI is InChI=1S/C29H37NO13/c1-3-40-27(37)12-6-11-7-13-15(9-30-25(13)34)16-10-41-21-18(16)17(11)14(8-12)20(23(21)39-2)42-28-29(38,4-5-31)24(33)19(32)22(43-28)26(35)36/h10-13,15,19,22,24,26,28,31-33,35-36,38H,3-9H2,1-2H3,(H,30,34)/t11-,12+,13+,15-,19+,22-,24-,28+,29+/m0/s1. The van der Waals surface area contributed by atoms with E-state index in [1.165, 1.54) is 7.11 Å². The van der Waals surface area contributed by atoms with Gasteiger partial charge in [0.05, 0.1) is 25.9 Å². The van der Waals surface area contributed by atoms with Crippen molar-refractivity contribution in [3.8, 4) is 11.5 Å². The molecule has 2 aromatic rings. The number of amides is 1. The lowest BCUT2D eigenvalue weighted by Crippen LogP contribution is -2.69. The summed E-state index contributed by atoms with van der Waals surface area (Å²) in [4.78, 5) is 26.0. The first-order chi connectivity index (χ1) is 20.5. The van der Waals surface area contributed by atoms with Gasteiger partial charge in [-0.3, -0.25) is 9.59 Å². The molecule has 43 heavy (non-hydrogen) atoms. The summed E-state index contributed by atoms with van der Waals surface area (Å²) in [6.07, 6.45) is -7.73. The number of aliphatic hydroxyl groups excluding tert-OH is 4. The number of aliphatic hydroxyl groups is 6. The molecule has 1 aromatic carbocycles. The Morgan fingerprint density at radius 1 is 1.21 bits per heavy atom. The van der Waals surface area contributed by atoms with Gasteiger partial charge in [-0.25, -0.2) is 0 Å². The van der Waals surface area contributed by atoms with Crippen LogP contribution in [0.3, 0.4) is 0 Å². The fraction of sp³-hybridized carbons (Fsp3) is 0.655. The lowest BCUT2D eigenvalue weighted by molar-refractivity contribution is -0.346. The first-order valence-corrected chi connectivity index (χ1v) is 14.5. The number of nitrogens with one attached hydrogen (secondary N) is 1. The predicted octanol–water partition coefficient (Wildman–Crippen LogP) is -0.866. The first-order valence-electron chi connectivity index (χ1n) is 14.5. The van der Waals surface area contributed by atoms with Crippen LogP contribution in [-0.4, -0.2) is 106 Å². The van der Waals surface area contributed by atoms with Crippen molar-refractivity contribution >= 4 is 22.8 Å². The molecule has 14 nitrogen and oxygen atoms in total. The molecule has 0 radical (unpaired) electrons. The van der Waals surface area contributed by atoms with Gasteiger partial charge in [0, 0.05) is 47.9 Å². The third kappa shape index (κ3) is 4.58. The van der Waals surface area contributed by atoms with E-state index in [4.69, 9.17) is 23.4 Å². The summed E-state index contributed by atoms with van der Waals surface area (Å²) < 4.78 is 29.1. The van der Waals surface area contributed by atoms with Crippen molar-refractivity contribution in [3.63, 3.8) is 0 Å². The molecule has 7 N–H and O–H groups in total. The third-order valence-corrected chi connectivity index (χ3v) is 9.50. The monoisotopic (exact) mass is 607 g/mol. The molecule has 4 aliphatic rings. The van der Waals surface area contributed by atoms with E-state index < -0.39 is 61.4 Å². The molecule has 2 aliphatic heterocycles. The average molecular weight is 608 g/mol. The van der Waals surface area contributed by atoms with Crippen LogP contribution in [0.1, 0.15) is 54.7 Å². The SMILES string of the molecule is CCOC(=O)[C@H]1Cc2c(O[C@@H]3O[C@H](C(O)O)[C@@H](O)[C@H](O)[C@]3(O)CCO)c(OC)c3occ4c3c2[C@@H](C1)C[C@H]1C(=O)NC[C@H]41. The summed E-state index contributed by atoms with van der Waals surface area (Å²) in [5.74, 6) is -1.82. The predicted molar refractivity (Wildman–Crippen MR) is 144 cm³/mol. The van der Waals surface area contributed by atoms with Crippen LogP contribution >= 0.6 is 0 Å². The molecule has 1 aromatic heterocycles. The Bertz CT molecular complexity index is 1410. The molecule has 6 rings (SSSR count). The Balaban J connectivity index is 1.55. The molecule has 0 spiro atoms. The quantitative estimate of drug-likeness (QED) is 0.144. The molecular weight excluding hydrogens is 570 g/mol. The first kappa shape index (κ1) is 30.1. The maximum absolute atomic E-state index is 13.1. The third-order valence-electron chi connectivity index (χ3n) is 9.50. The van der Waals surface area contributed by atoms with E-state index in [1.807, 2.05) is 0 Å². The minimum absolute atomic E-state index is 0.0116. The van der Waals surface area contributed by atoms with Crippen LogP contribution in [-0.2, 0) is 25.5 Å². The van der Waals surface area contributed by atoms with Gasteiger partial charge in [0.15, 0.2) is 23.2 Å². The molecule has 2 saturated heterocycles. The lowest BCUT2D eigenvalue weighted by atomic mass is 9.72. The molecule has 14 heteroatoms. The van der Waals surface area contributed by atoms with Crippen molar-refractivity contribution in [2.45, 2.75) is 80.9 Å². The minimum atomic E-state index is -2.40. The zero-order valence-corrected chi connectivity index (χ0v) is 23.8. The van der Waals surface area contributed by atoms with Crippen LogP contribution < -0.4 is 14.8 Å². The molecule has 2 aliphatic carbocycles. The molecule has 0 bridgehead atoms. The van der Waals surface area contributed by atoms with Gasteiger partial charge in [-0.05, 0) is 37.7 Å². The minimum Gasteiger partial charge on any atom is -0.490 e. The summed E-state index contributed by atoms with van der Waals surface area (Å²) in [5.41, 5.74) is 0.0608. The van der Waals surface area contributed by atoms with Gasteiger partial charge in [-0.1, -0.05) is 0 Å². The van der Waals surface area contributed by atoms with Crippen molar-refractivity contribution in [1.82, 2.24) is 5.32 Å². The van der Waals surface area contributed by atoms with Crippen LogP contribution in [0.5, 0.6) is 11.5 Å². The fourth-order valence-corrected chi connectivity index (χ4v) is 7.47. The van der Waals surface area contributed by atoms with Gasteiger partial charge in [-0.2, -0.15) is 0 Å². The Kier molecular flexibility index (Phi) is 7.82. The number of rotatable bonds is 8. The van der Waals surface area contributed by atoms with Gasteiger partial charge in [0.2, 0.25) is 17.9 Å². The highest BCUT2D eigenvalue weighted by molar-refractivity contribution is 5.97. The summed E-state index contributed by atoms with van der Waals surface area (Å²) in [6.45, 7) is 1.67. The van der Waals surface area contributed by atoms with Crippen molar-refractivity contribution in [1.29, 1.82) is 0 Å². The van der Waals surface area contributed by atoms with Crippen LogP contribution in [0.25, 0.3) is 11.0 Å². The smallest absolute Gasteiger partial charge is 0.309 e. The Morgan fingerprint density at radius 2 is 1.98 bits per heavy atom. The number of carbonyl (C=O) groups is 2. The summed E-state index contributed by atoms with van der Waals surface area (Å²) in [7, 11) is 1.38. The van der Waals surface area contributed by atoms with Gasteiger partial charge < -0.3 is 59.3 Å². The number of hydrogen-bond acceptors (Lipinski definition) is 13. The molecule has 0 saturated carbocycles. The summed E-state index contributed by atoms with van der Waals surface area (Å²) >= 11 is 0. The number of benzene rings is 1. The van der Waals surface area contributed by atoms with E-state index in [1.54, 1.807) is 13.2 Å². The van der Waals surface area contributed by atoms with Crippen molar-refractivity contribution < 1.29 is 63.6 Å². The summed E-state index contributed by atoms with van der Waals surface area (Å²) in [6, 6.07) is 0. The topological polar surface area (TPSA) is 218 Å². The molecule has 236 valence electrons. The normalized spacial score (nSPS) is 35.0.